The van der Waals surface area contributed by atoms with Crippen LogP contribution in [0.1, 0.15) is 83.1 Å². The zero-order valence-corrected chi connectivity index (χ0v) is 17.4. The van der Waals surface area contributed by atoms with Crippen LogP contribution in [0.15, 0.2) is 0 Å². The molecule has 6 nitrogen and oxygen atoms in total. The van der Waals surface area contributed by atoms with E-state index in [1.165, 1.54) is 0 Å². The molecule has 0 aromatic heterocycles. The highest BCUT2D eigenvalue weighted by atomic mass is 16.9. The Hall–Kier alpha value is -0.240. The van der Waals surface area contributed by atoms with E-state index in [2.05, 4.69) is 0 Å². The molecule has 0 unspecified atom stereocenters. The molecule has 1 heterocycles. The van der Waals surface area contributed by atoms with Crippen molar-refractivity contribution in [3.8, 4) is 0 Å². The maximum absolute atomic E-state index is 6.06. The number of ether oxygens (including phenoxy) is 6. The lowest BCUT2D eigenvalue weighted by atomic mass is 10.2. The molecular weight excluding hydrogens is 312 g/mol. The molecule has 1 fully saturated rings. The predicted molar refractivity (Wildman–Crippen MR) is 91.0 cm³/mol. The molecule has 24 heavy (non-hydrogen) atoms. The monoisotopic (exact) mass is 348 g/mol. The highest BCUT2D eigenvalue weighted by molar-refractivity contribution is 4.75. The van der Waals surface area contributed by atoms with E-state index in [0.29, 0.717) is 0 Å². The molecule has 1 aliphatic heterocycles. The number of hydrogen-bond acceptors (Lipinski definition) is 6. The van der Waals surface area contributed by atoms with Crippen molar-refractivity contribution >= 4 is 0 Å². The Bertz CT molecular complexity index is 316. The maximum Gasteiger partial charge on any atom is 0.169 e. The second-order valence-corrected chi connectivity index (χ2v) is 9.01. The SMILES string of the molecule is CC1(C)OC(C)(C)OC(C)(C)OC(C)(C)OC(C)(C)OC(C)(C)O1. The minimum atomic E-state index is -0.951. The summed E-state index contributed by atoms with van der Waals surface area (Å²) in [5.41, 5.74) is 0. The normalized spacial score (nSPS) is 31.5. The summed E-state index contributed by atoms with van der Waals surface area (Å²) in [5.74, 6) is -5.70. The Balaban J connectivity index is 3.24. The first-order valence-electron chi connectivity index (χ1n) is 8.45. The molecule has 0 aliphatic carbocycles. The van der Waals surface area contributed by atoms with Crippen molar-refractivity contribution in [1.82, 2.24) is 0 Å². The molecule has 0 aromatic rings. The van der Waals surface area contributed by atoms with E-state index >= 15 is 0 Å². The first kappa shape index (κ1) is 21.8. The summed E-state index contributed by atoms with van der Waals surface area (Å²) >= 11 is 0. The van der Waals surface area contributed by atoms with Crippen molar-refractivity contribution in [2.24, 2.45) is 0 Å². The van der Waals surface area contributed by atoms with Crippen molar-refractivity contribution in [2.45, 2.75) is 118 Å². The van der Waals surface area contributed by atoms with Gasteiger partial charge in [-0.05, 0) is 83.1 Å². The van der Waals surface area contributed by atoms with Gasteiger partial charge in [-0.25, -0.2) is 0 Å². The lowest BCUT2D eigenvalue weighted by Crippen LogP contribution is -2.55. The lowest BCUT2D eigenvalue weighted by Gasteiger charge is -2.48. The third-order valence-corrected chi connectivity index (χ3v) is 2.95. The summed E-state index contributed by atoms with van der Waals surface area (Å²) in [5, 5.41) is 0. The van der Waals surface area contributed by atoms with E-state index in [9.17, 15) is 0 Å². The molecular formula is C18H36O6. The maximum atomic E-state index is 6.06. The van der Waals surface area contributed by atoms with Gasteiger partial charge >= 0.3 is 0 Å². The van der Waals surface area contributed by atoms with Gasteiger partial charge in [-0.1, -0.05) is 0 Å². The van der Waals surface area contributed by atoms with Crippen LogP contribution in [-0.4, -0.2) is 34.7 Å². The molecule has 0 saturated carbocycles. The molecule has 1 rings (SSSR count). The van der Waals surface area contributed by atoms with E-state index in [-0.39, 0.29) is 0 Å². The first-order chi connectivity index (χ1) is 10.2. The van der Waals surface area contributed by atoms with Crippen molar-refractivity contribution in [1.29, 1.82) is 0 Å². The molecule has 144 valence electrons. The van der Waals surface area contributed by atoms with E-state index < -0.39 is 34.7 Å². The van der Waals surface area contributed by atoms with Crippen LogP contribution >= 0.6 is 0 Å². The first-order valence-corrected chi connectivity index (χ1v) is 8.45. The van der Waals surface area contributed by atoms with Crippen LogP contribution in [0.4, 0.5) is 0 Å². The average molecular weight is 348 g/mol. The van der Waals surface area contributed by atoms with E-state index in [1.807, 2.05) is 83.1 Å². The Morgan fingerprint density at radius 2 is 0.333 bits per heavy atom. The molecule has 0 N–H and O–H groups in total. The van der Waals surface area contributed by atoms with Crippen molar-refractivity contribution in [2.75, 3.05) is 0 Å². The fraction of sp³-hybridized carbons (Fsp3) is 1.00. The van der Waals surface area contributed by atoms with Crippen LogP contribution in [0, 0.1) is 0 Å². The van der Waals surface area contributed by atoms with Crippen LogP contribution < -0.4 is 0 Å². The Kier molecular flexibility index (Phi) is 5.61. The molecule has 0 spiro atoms. The molecule has 1 saturated heterocycles. The minimum Gasteiger partial charge on any atom is -0.319 e. The largest absolute Gasteiger partial charge is 0.319 e. The average Bonchev–Trinajstić information content (AvgIpc) is 1.98. The quantitative estimate of drug-likeness (QED) is 0.642. The zero-order valence-electron chi connectivity index (χ0n) is 17.4. The molecule has 1 aliphatic rings. The molecule has 0 bridgehead atoms. The fourth-order valence-corrected chi connectivity index (χ4v) is 3.68. The third-order valence-electron chi connectivity index (χ3n) is 2.95. The van der Waals surface area contributed by atoms with Crippen LogP contribution in [-0.2, 0) is 28.4 Å². The van der Waals surface area contributed by atoms with Gasteiger partial charge in [0.05, 0.1) is 0 Å². The van der Waals surface area contributed by atoms with Gasteiger partial charge in [-0.15, -0.1) is 0 Å². The second-order valence-electron chi connectivity index (χ2n) is 9.01. The zero-order chi connectivity index (χ0) is 19.2. The Morgan fingerprint density at radius 3 is 0.417 bits per heavy atom. The van der Waals surface area contributed by atoms with Gasteiger partial charge in [-0.3, -0.25) is 0 Å². The van der Waals surface area contributed by atoms with E-state index in [1.54, 1.807) is 0 Å². The lowest BCUT2D eigenvalue weighted by molar-refractivity contribution is -0.482. The van der Waals surface area contributed by atoms with Crippen LogP contribution in [0.25, 0.3) is 0 Å². The standard InChI is InChI=1S/C18H36O6/c1-13(2)19-14(3,4)21-16(7,8)23-18(11,12)24-17(9,10)22-15(5,6)20-13/h1-12H3. The van der Waals surface area contributed by atoms with Gasteiger partial charge in [-0.2, -0.15) is 0 Å². The molecule has 0 atom stereocenters. The predicted octanol–water partition coefficient (Wildman–Crippen LogP) is 4.52. The molecule has 0 aromatic carbocycles. The summed E-state index contributed by atoms with van der Waals surface area (Å²) in [7, 11) is 0. The number of hydrogen-bond donors (Lipinski definition) is 0. The van der Waals surface area contributed by atoms with Crippen molar-refractivity contribution in [3.05, 3.63) is 0 Å². The fourth-order valence-electron chi connectivity index (χ4n) is 3.68. The Morgan fingerprint density at radius 1 is 0.250 bits per heavy atom. The summed E-state index contributed by atoms with van der Waals surface area (Å²) in [6.45, 7) is 21.8. The van der Waals surface area contributed by atoms with Gasteiger partial charge in [0.15, 0.2) is 34.7 Å². The van der Waals surface area contributed by atoms with Gasteiger partial charge in [0.2, 0.25) is 0 Å². The van der Waals surface area contributed by atoms with Crippen molar-refractivity contribution < 1.29 is 28.4 Å². The van der Waals surface area contributed by atoms with Gasteiger partial charge in [0, 0.05) is 0 Å². The summed E-state index contributed by atoms with van der Waals surface area (Å²) in [4.78, 5) is 0. The van der Waals surface area contributed by atoms with Crippen molar-refractivity contribution in [3.63, 3.8) is 0 Å². The topological polar surface area (TPSA) is 55.4 Å². The third kappa shape index (κ3) is 7.33. The van der Waals surface area contributed by atoms with E-state index in [4.69, 9.17) is 28.4 Å². The minimum absolute atomic E-state index is 0.951. The van der Waals surface area contributed by atoms with Gasteiger partial charge in [0.25, 0.3) is 0 Å². The van der Waals surface area contributed by atoms with Crippen LogP contribution in [0.5, 0.6) is 0 Å². The summed E-state index contributed by atoms with van der Waals surface area (Å²) < 4.78 is 36.4. The second kappa shape index (κ2) is 6.18. The molecule has 0 radical (unpaired) electrons. The smallest absolute Gasteiger partial charge is 0.169 e. The van der Waals surface area contributed by atoms with E-state index in [0.717, 1.165) is 0 Å². The van der Waals surface area contributed by atoms with Gasteiger partial charge < -0.3 is 28.4 Å². The van der Waals surface area contributed by atoms with Crippen LogP contribution in [0.3, 0.4) is 0 Å². The highest BCUT2D eigenvalue weighted by Gasteiger charge is 2.45. The highest BCUT2D eigenvalue weighted by Crippen LogP contribution is 2.37. The Labute approximate surface area is 147 Å². The number of rotatable bonds is 0. The molecule has 0 amide bonds. The van der Waals surface area contributed by atoms with Gasteiger partial charge in [0.1, 0.15) is 0 Å². The summed E-state index contributed by atoms with van der Waals surface area (Å²) in [6, 6.07) is 0. The molecule has 6 heteroatoms. The summed E-state index contributed by atoms with van der Waals surface area (Å²) in [6.07, 6.45) is 0. The van der Waals surface area contributed by atoms with Crippen LogP contribution in [0.2, 0.25) is 0 Å².